The maximum atomic E-state index is 3.46. The molecule has 1 heteroatoms. The Balaban J connectivity index is 0. The molecular weight excluding hydrogens is 134 g/mol. The number of nitrogens with one attached hydrogen (secondary N) is 1. The largest absolute Gasteiger partial charge is 0.314 e. The lowest BCUT2D eigenvalue weighted by Gasteiger charge is -2.05. The average molecular weight is 159 g/mol. The van der Waals surface area contributed by atoms with Gasteiger partial charge in [0, 0.05) is 6.04 Å². The fourth-order valence-corrected chi connectivity index (χ4v) is 1.35. The highest BCUT2D eigenvalue weighted by Crippen LogP contribution is 2.09. The molecule has 1 unspecified atom stereocenters. The highest BCUT2D eigenvalue weighted by Gasteiger charge is 2.11. The van der Waals surface area contributed by atoms with E-state index in [0.717, 1.165) is 6.04 Å². The summed E-state index contributed by atoms with van der Waals surface area (Å²) in [6.45, 7) is 7.50. The van der Waals surface area contributed by atoms with Gasteiger partial charge in [0.25, 0.3) is 0 Å². The zero-order valence-electron chi connectivity index (χ0n) is 7.61. The summed E-state index contributed by atoms with van der Waals surface area (Å²) in [5.74, 6) is 0. The van der Waals surface area contributed by atoms with E-state index in [-0.39, 0.29) is 7.43 Å². The van der Waals surface area contributed by atoms with Gasteiger partial charge in [-0.25, -0.2) is 0 Å². The molecule has 1 fully saturated rings. The Morgan fingerprint density at radius 2 is 2.00 bits per heavy atom. The third-order valence-electron chi connectivity index (χ3n) is 1.80. The topological polar surface area (TPSA) is 12.0 Å². The summed E-state index contributed by atoms with van der Waals surface area (Å²) in [6, 6.07) is 0.861. The molecule has 0 amide bonds. The van der Waals surface area contributed by atoms with Crippen molar-refractivity contribution in [3.05, 3.63) is 0 Å². The highest BCUT2D eigenvalue weighted by molar-refractivity contribution is 4.72. The molecule has 1 N–H and O–H groups in total. The van der Waals surface area contributed by atoms with E-state index in [9.17, 15) is 0 Å². The van der Waals surface area contributed by atoms with Crippen LogP contribution in [0, 0.1) is 0 Å². The minimum Gasteiger partial charge on any atom is -0.314 e. The van der Waals surface area contributed by atoms with Crippen LogP contribution >= 0.6 is 0 Å². The van der Waals surface area contributed by atoms with Crippen molar-refractivity contribution in [2.45, 2.75) is 59.9 Å². The van der Waals surface area contributed by atoms with Gasteiger partial charge in [0.1, 0.15) is 0 Å². The van der Waals surface area contributed by atoms with Gasteiger partial charge in [-0.15, -0.1) is 0 Å². The van der Waals surface area contributed by atoms with Crippen LogP contribution in [-0.2, 0) is 0 Å². The van der Waals surface area contributed by atoms with Crippen molar-refractivity contribution in [1.29, 1.82) is 0 Å². The molecule has 0 aromatic rings. The predicted octanol–water partition coefficient (Wildman–Crippen LogP) is 3.20. The molecule has 1 aliphatic rings. The van der Waals surface area contributed by atoms with Gasteiger partial charge in [-0.2, -0.15) is 0 Å². The SMILES string of the molecule is C.CC.CCCC1CCCN1. The standard InChI is InChI=1S/C7H15N.C2H6.CH4/c1-2-4-7-5-3-6-8-7;1-2;/h7-8H,2-6H2,1H3;1-2H3;1H4. The predicted molar refractivity (Wildman–Crippen MR) is 54.0 cm³/mol. The first-order valence-corrected chi connectivity index (χ1v) is 4.67. The van der Waals surface area contributed by atoms with Gasteiger partial charge >= 0.3 is 0 Å². The molecule has 1 atom stereocenters. The van der Waals surface area contributed by atoms with E-state index in [1.54, 1.807) is 0 Å². The van der Waals surface area contributed by atoms with Crippen LogP contribution in [0.5, 0.6) is 0 Å². The molecule has 0 saturated carbocycles. The van der Waals surface area contributed by atoms with Crippen LogP contribution in [0.1, 0.15) is 53.9 Å². The maximum absolute atomic E-state index is 3.46. The molecule has 70 valence electrons. The minimum absolute atomic E-state index is 0. The van der Waals surface area contributed by atoms with Gasteiger partial charge in [-0.05, 0) is 25.8 Å². The molecule has 1 nitrogen and oxygen atoms in total. The van der Waals surface area contributed by atoms with Gasteiger partial charge in [0.2, 0.25) is 0 Å². The molecule has 1 heterocycles. The Kier molecular flexibility index (Phi) is 12.3. The fourth-order valence-electron chi connectivity index (χ4n) is 1.35. The van der Waals surface area contributed by atoms with Crippen molar-refractivity contribution in [2.24, 2.45) is 0 Å². The summed E-state index contributed by atoms with van der Waals surface area (Å²) in [5, 5.41) is 3.46. The highest BCUT2D eigenvalue weighted by atomic mass is 14.9. The Bertz CT molecular complexity index is 55.9. The van der Waals surface area contributed by atoms with Gasteiger partial charge in [0.15, 0.2) is 0 Å². The smallest absolute Gasteiger partial charge is 0.00674 e. The van der Waals surface area contributed by atoms with E-state index < -0.39 is 0 Å². The zero-order valence-corrected chi connectivity index (χ0v) is 7.61. The summed E-state index contributed by atoms with van der Waals surface area (Å²) in [7, 11) is 0. The van der Waals surface area contributed by atoms with Gasteiger partial charge in [-0.3, -0.25) is 0 Å². The normalized spacial score (nSPS) is 21.5. The molecule has 1 aliphatic heterocycles. The van der Waals surface area contributed by atoms with Crippen LogP contribution in [0.4, 0.5) is 0 Å². The van der Waals surface area contributed by atoms with Gasteiger partial charge in [0.05, 0.1) is 0 Å². The van der Waals surface area contributed by atoms with Crippen LogP contribution in [-0.4, -0.2) is 12.6 Å². The molecule has 1 saturated heterocycles. The Morgan fingerprint density at radius 3 is 2.36 bits per heavy atom. The summed E-state index contributed by atoms with van der Waals surface area (Å²) in [4.78, 5) is 0. The first-order valence-electron chi connectivity index (χ1n) is 4.67. The van der Waals surface area contributed by atoms with E-state index >= 15 is 0 Å². The minimum atomic E-state index is 0. The van der Waals surface area contributed by atoms with Crippen molar-refractivity contribution in [3.8, 4) is 0 Å². The second-order valence-corrected chi connectivity index (χ2v) is 2.58. The number of rotatable bonds is 2. The Labute approximate surface area is 72.6 Å². The summed E-state index contributed by atoms with van der Waals surface area (Å²) < 4.78 is 0. The van der Waals surface area contributed by atoms with Gasteiger partial charge < -0.3 is 5.32 Å². The van der Waals surface area contributed by atoms with Crippen LogP contribution in [0.15, 0.2) is 0 Å². The molecule has 0 spiro atoms. The summed E-state index contributed by atoms with van der Waals surface area (Å²) >= 11 is 0. The van der Waals surface area contributed by atoms with Crippen LogP contribution in [0.3, 0.4) is 0 Å². The lowest BCUT2D eigenvalue weighted by molar-refractivity contribution is 0.551. The molecule has 0 aliphatic carbocycles. The van der Waals surface area contributed by atoms with E-state index in [1.165, 1.54) is 32.2 Å². The van der Waals surface area contributed by atoms with Crippen LogP contribution in [0.25, 0.3) is 0 Å². The fraction of sp³-hybridized carbons (Fsp3) is 1.00. The Hall–Kier alpha value is -0.0400. The third kappa shape index (κ3) is 6.36. The van der Waals surface area contributed by atoms with E-state index in [1.807, 2.05) is 13.8 Å². The monoisotopic (exact) mass is 159 g/mol. The average Bonchev–Trinajstić information content (AvgIpc) is 2.46. The maximum Gasteiger partial charge on any atom is 0.00674 e. The lowest BCUT2D eigenvalue weighted by atomic mass is 10.1. The molecule has 0 radical (unpaired) electrons. The van der Waals surface area contributed by atoms with Crippen molar-refractivity contribution in [1.82, 2.24) is 5.32 Å². The van der Waals surface area contributed by atoms with Gasteiger partial charge in [-0.1, -0.05) is 34.6 Å². The van der Waals surface area contributed by atoms with Crippen molar-refractivity contribution in [2.75, 3.05) is 6.54 Å². The Morgan fingerprint density at radius 1 is 1.36 bits per heavy atom. The second-order valence-electron chi connectivity index (χ2n) is 2.58. The van der Waals surface area contributed by atoms with Crippen LogP contribution < -0.4 is 5.32 Å². The van der Waals surface area contributed by atoms with E-state index in [0.29, 0.717) is 0 Å². The van der Waals surface area contributed by atoms with Crippen LogP contribution in [0.2, 0.25) is 0 Å². The first-order chi connectivity index (χ1) is 4.93. The number of hydrogen-bond donors (Lipinski definition) is 1. The third-order valence-corrected chi connectivity index (χ3v) is 1.80. The first kappa shape index (κ1) is 13.5. The molecule has 0 aromatic carbocycles. The molecular formula is C10H25N. The molecule has 0 aromatic heterocycles. The molecule has 0 bridgehead atoms. The quantitative estimate of drug-likeness (QED) is 0.652. The second kappa shape index (κ2) is 9.96. The lowest BCUT2D eigenvalue weighted by Crippen LogP contribution is -2.20. The van der Waals surface area contributed by atoms with E-state index in [2.05, 4.69) is 12.2 Å². The van der Waals surface area contributed by atoms with Crippen molar-refractivity contribution >= 4 is 0 Å². The molecule has 1 rings (SSSR count). The number of hydrogen-bond acceptors (Lipinski definition) is 1. The zero-order chi connectivity index (χ0) is 7.82. The van der Waals surface area contributed by atoms with E-state index in [4.69, 9.17) is 0 Å². The van der Waals surface area contributed by atoms with Crippen molar-refractivity contribution < 1.29 is 0 Å². The summed E-state index contributed by atoms with van der Waals surface area (Å²) in [6.07, 6.45) is 5.51. The summed E-state index contributed by atoms with van der Waals surface area (Å²) in [5.41, 5.74) is 0. The molecule has 11 heavy (non-hydrogen) atoms. The van der Waals surface area contributed by atoms with Crippen molar-refractivity contribution in [3.63, 3.8) is 0 Å².